The molecule has 9 heteroatoms. The third-order valence-electron chi connectivity index (χ3n) is 5.88. The van der Waals surface area contributed by atoms with Crippen molar-refractivity contribution in [2.24, 2.45) is 0 Å². The summed E-state index contributed by atoms with van der Waals surface area (Å²) in [6.45, 7) is 12.8. The van der Waals surface area contributed by atoms with Crippen molar-refractivity contribution in [2.45, 2.75) is 45.3 Å². The van der Waals surface area contributed by atoms with Crippen LogP contribution in [0.1, 0.15) is 26.3 Å². The summed E-state index contributed by atoms with van der Waals surface area (Å²) in [5.74, 6) is 1.57. The van der Waals surface area contributed by atoms with Crippen LogP contribution in [0.25, 0.3) is 5.65 Å². The second-order valence-electron chi connectivity index (χ2n) is 9.18. The number of methoxy groups -OCH3 is 1. The molecule has 3 aromatic rings. The van der Waals surface area contributed by atoms with Gasteiger partial charge < -0.3 is 19.2 Å². The number of fused-ring (bicyclic) bond motifs is 1. The van der Waals surface area contributed by atoms with E-state index in [1.807, 2.05) is 30.3 Å². The van der Waals surface area contributed by atoms with Crippen LogP contribution in [0.15, 0.2) is 36.5 Å². The molecule has 1 aromatic carbocycles. The minimum Gasteiger partial charge on any atom is -0.491 e. The summed E-state index contributed by atoms with van der Waals surface area (Å²) >= 11 is 6.60. The van der Waals surface area contributed by atoms with Gasteiger partial charge in [0.25, 0.3) is 0 Å². The van der Waals surface area contributed by atoms with Crippen molar-refractivity contribution in [3.05, 3.63) is 47.2 Å². The lowest BCUT2D eigenvalue weighted by Crippen LogP contribution is -2.41. The van der Waals surface area contributed by atoms with Gasteiger partial charge in [0, 0.05) is 37.5 Å². The predicted molar refractivity (Wildman–Crippen MR) is 132 cm³/mol. The monoisotopic (exact) mass is 476 g/mol. The van der Waals surface area contributed by atoms with E-state index in [1.54, 1.807) is 17.8 Å². The van der Waals surface area contributed by atoms with E-state index in [2.05, 4.69) is 49.3 Å². The molecule has 0 spiro atoms. The number of nitrogens with one attached hydrogen (secondary N) is 1. The second kappa shape index (κ2) is 10.2. The first-order valence-electron chi connectivity index (χ1n) is 10.8. The van der Waals surface area contributed by atoms with Gasteiger partial charge in [-0.3, -0.25) is 0 Å². The van der Waals surface area contributed by atoms with Crippen molar-refractivity contribution in [1.82, 2.24) is 14.6 Å². The summed E-state index contributed by atoms with van der Waals surface area (Å²) in [7, 11) is -0.204. The number of ether oxygens (including phenoxy) is 2. The maximum Gasteiger partial charge on any atom is 0.191 e. The number of hydrogen-bond donors (Lipinski definition) is 1. The maximum absolute atomic E-state index is 6.60. The first-order valence-corrected chi connectivity index (χ1v) is 14.1. The molecule has 0 aliphatic carbocycles. The number of aromatic nitrogens is 3. The summed E-state index contributed by atoms with van der Waals surface area (Å²) in [4.78, 5) is 4.51. The molecule has 174 valence electrons. The van der Waals surface area contributed by atoms with E-state index in [1.165, 1.54) is 0 Å². The minimum absolute atomic E-state index is 0.148. The van der Waals surface area contributed by atoms with Crippen molar-refractivity contribution in [3.63, 3.8) is 0 Å². The molecule has 0 saturated carbocycles. The van der Waals surface area contributed by atoms with Gasteiger partial charge in [-0.2, -0.15) is 9.61 Å². The Balaban J connectivity index is 1.82. The van der Waals surface area contributed by atoms with E-state index in [4.69, 9.17) is 25.5 Å². The van der Waals surface area contributed by atoms with Crippen molar-refractivity contribution < 1.29 is 13.9 Å². The highest BCUT2D eigenvalue weighted by Crippen LogP contribution is 2.37. The van der Waals surface area contributed by atoms with Crippen LogP contribution in [0, 0.1) is 0 Å². The van der Waals surface area contributed by atoms with Crippen LogP contribution in [0.5, 0.6) is 5.75 Å². The Hall–Kier alpha value is -2.13. The SMILES string of the molecule is COCCOc1ccc(Nc2c(CCO[Si](C)(C)C(C)(C)C)c(Cl)nc3ccnn23)cc1. The van der Waals surface area contributed by atoms with E-state index in [-0.39, 0.29) is 5.04 Å². The van der Waals surface area contributed by atoms with Crippen LogP contribution in [0.3, 0.4) is 0 Å². The van der Waals surface area contributed by atoms with Gasteiger partial charge in [0.05, 0.1) is 12.8 Å². The number of hydrogen-bond acceptors (Lipinski definition) is 6. The number of nitrogens with zero attached hydrogens (tertiary/aromatic N) is 3. The quantitative estimate of drug-likeness (QED) is 0.229. The van der Waals surface area contributed by atoms with E-state index >= 15 is 0 Å². The first-order chi connectivity index (χ1) is 15.1. The molecule has 0 atom stereocenters. The number of rotatable bonds is 10. The van der Waals surface area contributed by atoms with E-state index in [0.29, 0.717) is 37.0 Å². The van der Waals surface area contributed by atoms with Crippen LogP contribution in [-0.2, 0) is 15.6 Å². The Morgan fingerprint density at radius 2 is 1.78 bits per heavy atom. The fourth-order valence-corrected chi connectivity index (χ4v) is 4.25. The fourth-order valence-electron chi connectivity index (χ4n) is 2.94. The highest BCUT2D eigenvalue weighted by atomic mass is 35.5. The maximum atomic E-state index is 6.60. The third-order valence-corrected chi connectivity index (χ3v) is 10.7. The average Bonchev–Trinajstić information content (AvgIpc) is 3.18. The number of anilines is 2. The summed E-state index contributed by atoms with van der Waals surface area (Å²) in [5.41, 5.74) is 2.46. The zero-order chi connectivity index (χ0) is 23.4. The third kappa shape index (κ3) is 5.80. The Bertz CT molecular complexity index is 1030. The van der Waals surface area contributed by atoms with E-state index in [9.17, 15) is 0 Å². The highest BCUT2D eigenvalue weighted by molar-refractivity contribution is 6.74. The lowest BCUT2D eigenvalue weighted by molar-refractivity contribution is 0.146. The standard InChI is InChI=1S/C23H33ClN4O3Si/c1-23(2,3)32(5,6)31-14-12-19-21(24)27-20-11-13-25-28(20)22(19)26-17-7-9-18(10-8-17)30-16-15-29-4/h7-11,13,26H,12,14-16H2,1-6H3. The summed E-state index contributed by atoms with van der Waals surface area (Å²) < 4.78 is 18.8. The molecule has 2 heterocycles. The minimum atomic E-state index is -1.86. The normalized spacial score (nSPS) is 12.3. The van der Waals surface area contributed by atoms with Gasteiger partial charge in [0.1, 0.15) is 23.3 Å². The largest absolute Gasteiger partial charge is 0.491 e. The van der Waals surface area contributed by atoms with Gasteiger partial charge in [0.2, 0.25) is 0 Å². The predicted octanol–water partition coefficient (Wildman–Crippen LogP) is 5.72. The van der Waals surface area contributed by atoms with Gasteiger partial charge in [-0.1, -0.05) is 32.4 Å². The molecule has 2 aromatic heterocycles. The van der Waals surface area contributed by atoms with Crippen LogP contribution < -0.4 is 10.1 Å². The Kier molecular flexibility index (Phi) is 7.82. The van der Waals surface area contributed by atoms with Crippen molar-refractivity contribution in [1.29, 1.82) is 0 Å². The topological polar surface area (TPSA) is 69.9 Å². The van der Waals surface area contributed by atoms with Gasteiger partial charge in [-0.15, -0.1) is 0 Å². The van der Waals surface area contributed by atoms with Crippen LogP contribution in [0.2, 0.25) is 23.3 Å². The molecule has 0 saturated heterocycles. The Morgan fingerprint density at radius 1 is 1.06 bits per heavy atom. The van der Waals surface area contributed by atoms with Crippen LogP contribution in [-0.4, -0.2) is 49.8 Å². The van der Waals surface area contributed by atoms with Crippen molar-refractivity contribution in [2.75, 3.05) is 32.2 Å². The van der Waals surface area contributed by atoms with Crippen LogP contribution >= 0.6 is 11.6 Å². The van der Waals surface area contributed by atoms with Gasteiger partial charge in [-0.05, 0) is 42.4 Å². The molecular weight excluding hydrogens is 444 g/mol. The molecule has 0 radical (unpaired) electrons. The first kappa shape index (κ1) is 24.5. The summed E-state index contributed by atoms with van der Waals surface area (Å²) in [6.07, 6.45) is 2.35. The van der Waals surface area contributed by atoms with E-state index in [0.717, 1.165) is 22.8 Å². The molecular formula is C23H33ClN4O3Si. The molecule has 3 rings (SSSR count). The van der Waals surface area contributed by atoms with Crippen molar-refractivity contribution >= 4 is 37.1 Å². The summed E-state index contributed by atoms with van der Waals surface area (Å²) in [6, 6.07) is 9.59. The molecule has 0 aliphatic rings. The second-order valence-corrected chi connectivity index (χ2v) is 14.3. The highest BCUT2D eigenvalue weighted by Gasteiger charge is 2.37. The lowest BCUT2D eigenvalue weighted by atomic mass is 10.2. The number of halogens is 1. The zero-order valence-corrected chi connectivity index (χ0v) is 21.5. The molecule has 0 unspecified atom stereocenters. The van der Waals surface area contributed by atoms with Crippen LogP contribution in [0.4, 0.5) is 11.5 Å². The van der Waals surface area contributed by atoms with Gasteiger partial charge in [0.15, 0.2) is 14.0 Å². The van der Waals surface area contributed by atoms with Gasteiger partial charge in [-0.25, -0.2) is 4.98 Å². The fraction of sp³-hybridized carbons (Fsp3) is 0.478. The molecule has 0 bridgehead atoms. The molecule has 7 nitrogen and oxygen atoms in total. The zero-order valence-electron chi connectivity index (χ0n) is 19.7. The Morgan fingerprint density at radius 3 is 2.44 bits per heavy atom. The number of benzene rings is 1. The smallest absolute Gasteiger partial charge is 0.191 e. The molecule has 1 N–H and O–H groups in total. The van der Waals surface area contributed by atoms with Gasteiger partial charge >= 0.3 is 0 Å². The molecule has 32 heavy (non-hydrogen) atoms. The van der Waals surface area contributed by atoms with Crippen molar-refractivity contribution in [3.8, 4) is 5.75 Å². The molecule has 0 aliphatic heterocycles. The molecule has 0 amide bonds. The average molecular weight is 477 g/mol. The molecule has 0 fully saturated rings. The van der Waals surface area contributed by atoms with E-state index < -0.39 is 8.32 Å². The summed E-state index contributed by atoms with van der Waals surface area (Å²) in [5, 5.41) is 8.51. The lowest BCUT2D eigenvalue weighted by Gasteiger charge is -2.36. The Labute approximate surface area is 196 Å².